The average Bonchev–Trinajstić information content (AvgIpc) is 2.55. The molecule has 1 aliphatic carbocycles. The van der Waals surface area contributed by atoms with Crippen LogP contribution in [0.3, 0.4) is 0 Å². The van der Waals surface area contributed by atoms with Gasteiger partial charge in [-0.25, -0.2) is 4.79 Å². The highest BCUT2D eigenvalue weighted by atomic mass is 16.5. The zero-order valence-corrected chi connectivity index (χ0v) is 13.5. The second-order valence-electron chi connectivity index (χ2n) is 6.07. The molecule has 1 aromatic heterocycles. The molecule has 0 spiro atoms. The monoisotopic (exact) mass is 300 g/mol. The van der Waals surface area contributed by atoms with Crippen molar-refractivity contribution in [2.75, 3.05) is 6.61 Å². The minimum absolute atomic E-state index is 0.161. The third-order valence-corrected chi connectivity index (χ3v) is 4.54. The van der Waals surface area contributed by atoms with Crippen molar-refractivity contribution < 1.29 is 9.15 Å². The minimum Gasteiger partial charge on any atom is -0.493 e. The van der Waals surface area contributed by atoms with Crippen LogP contribution in [-0.2, 0) is 19.3 Å². The second kappa shape index (κ2) is 6.55. The largest absolute Gasteiger partial charge is 0.493 e. The van der Waals surface area contributed by atoms with Crippen molar-refractivity contribution >= 4 is 11.0 Å². The van der Waals surface area contributed by atoms with E-state index in [9.17, 15) is 4.79 Å². The molecule has 0 saturated carbocycles. The van der Waals surface area contributed by atoms with Gasteiger partial charge in [-0.15, -0.1) is 0 Å². The summed E-state index contributed by atoms with van der Waals surface area (Å²) in [6.45, 7) is 5.00. The fraction of sp³-hybridized carbons (Fsp3) is 0.526. The molecule has 0 saturated heterocycles. The van der Waals surface area contributed by atoms with Crippen LogP contribution in [0, 0.1) is 0 Å². The second-order valence-corrected chi connectivity index (χ2v) is 6.07. The van der Waals surface area contributed by atoms with E-state index in [0.29, 0.717) is 12.2 Å². The number of unbranched alkanes of at least 4 members (excludes halogenated alkanes) is 1. The lowest BCUT2D eigenvalue weighted by atomic mass is 9.90. The van der Waals surface area contributed by atoms with Crippen LogP contribution in [0.1, 0.15) is 56.2 Å². The highest BCUT2D eigenvalue weighted by molar-refractivity contribution is 5.84. The molecule has 0 unspecified atom stereocenters. The molecule has 2 aromatic rings. The summed E-state index contributed by atoms with van der Waals surface area (Å²) in [5.74, 6) is 0.863. The van der Waals surface area contributed by atoms with Gasteiger partial charge >= 0.3 is 5.63 Å². The van der Waals surface area contributed by atoms with Crippen LogP contribution < -0.4 is 10.4 Å². The normalized spacial score (nSPS) is 14.1. The molecule has 0 fully saturated rings. The number of ether oxygens (including phenoxy) is 1. The molecule has 0 atom stereocenters. The molecule has 118 valence electrons. The summed E-state index contributed by atoms with van der Waals surface area (Å²) in [4.78, 5) is 12.2. The summed E-state index contributed by atoms with van der Waals surface area (Å²) in [5, 5.41) is 1.11. The van der Waals surface area contributed by atoms with Crippen molar-refractivity contribution in [3.05, 3.63) is 39.2 Å². The molecule has 1 heterocycles. The van der Waals surface area contributed by atoms with Crippen LogP contribution in [0.2, 0.25) is 0 Å². The number of hydrogen-bond donors (Lipinski definition) is 0. The summed E-state index contributed by atoms with van der Waals surface area (Å²) in [6, 6.07) is 4.09. The average molecular weight is 300 g/mol. The van der Waals surface area contributed by atoms with Gasteiger partial charge in [0.2, 0.25) is 0 Å². The van der Waals surface area contributed by atoms with Gasteiger partial charge in [0.25, 0.3) is 0 Å². The number of aryl methyl sites for hydroxylation is 2. The van der Waals surface area contributed by atoms with Crippen LogP contribution in [-0.4, -0.2) is 6.61 Å². The van der Waals surface area contributed by atoms with E-state index in [1.807, 2.05) is 6.07 Å². The fourth-order valence-corrected chi connectivity index (χ4v) is 3.25. The fourth-order valence-electron chi connectivity index (χ4n) is 3.25. The molecular weight excluding hydrogens is 276 g/mol. The Kier molecular flexibility index (Phi) is 4.51. The molecule has 0 bridgehead atoms. The molecule has 0 aliphatic heterocycles. The summed E-state index contributed by atoms with van der Waals surface area (Å²) in [6.07, 6.45) is 7.14. The smallest absolute Gasteiger partial charge is 0.339 e. The molecule has 3 heteroatoms. The Hall–Kier alpha value is -1.77. The third-order valence-electron chi connectivity index (χ3n) is 4.54. The van der Waals surface area contributed by atoms with Crippen molar-refractivity contribution in [3.63, 3.8) is 0 Å². The van der Waals surface area contributed by atoms with Crippen molar-refractivity contribution in [1.29, 1.82) is 0 Å². The van der Waals surface area contributed by atoms with E-state index in [-0.39, 0.29) is 5.63 Å². The van der Waals surface area contributed by atoms with Gasteiger partial charge in [0.1, 0.15) is 11.3 Å². The Bertz CT molecular complexity index is 728. The lowest BCUT2D eigenvalue weighted by Gasteiger charge is -2.18. The maximum atomic E-state index is 12.2. The summed E-state index contributed by atoms with van der Waals surface area (Å²) >= 11 is 0. The Morgan fingerprint density at radius 2 is 1.91 bits per heavy atom. The maximum absolute atomic E-state index is 12.2. The van der Waals surface area contributed by atoms with Crippen molar-refractivity contribution in [3.8, 4) is 5.75 Å². The van der Waals surface area contributed by atoms with E-state index in [1.165, 1.54) is 11.1 Å². The summed E-state index contributed by atoms with van der Waals surface area (Å²) in [7, 11) is 0. The van der Waals surface area contributed by atoms with Gasteiger partial charge in [0.15, 0.2) is 0 Å². The quantitative estimate of drug-likeness (QED) is 0.606. The molecule has 3 nitrogen and oxygen atoms in total. The van der Waals surface area contributed by atoms with Crippen LogP contribution in [0.5, 0.6) is 5.75 Å². The Morgan fingerprint density at radius 1 is 1.14 bits per heavy atom. The van der Waals surface area contributed by atoms with Gasteiger partial charge in [-0.1, -0.05) is 20.3 Å². The number of rotatable bonds is 5. The van der Waals surface area contributed by atoms with E-state index in [1.54, 1.807) is 0 Å². The molecule has 1 aromatic carbocycles. The molecule has 1 aliphatic rings. The van der Waals surface area contributed by atoms with Crippen LogP contribution in [0.15, 0.2) is 21.3 Å². The van der Waals surface area contributed by atoms with Gasteiger partial charge in [0.05, 0.1) is 6.61 Å². The van der Waals surface area contributed by atoms with E-state index < -0.39 is 0 Å². The zero-order chi connectivity index (χ0) is 15.5. The molecule has 0 radical (unpaired) electrons. The Balaban J connectivity index is 2.11. The predicted molar refractivity (Wildman–Crippen MR) is 88.9 cm³/mol. The van der Waals surface area contributed by atoms with Gasteiger partial charge in [-0.3, -0.25) is 0 Å². The van der Waals surface area contributed by atoms with Gasteiger partial charge in [-0.05, 0) is 55.7 Å². The SMILES string of the molecule is CCCCOc1cc2oc(=O)c3c(c2cc1CC)CCCC3. The Labute approximate surface area is 131 Å². The first-order valence-electron chi connectivity index (χ1n) is 8.48. The minimum atomic E-state index is -0.161. The molecule has 0 N–H and O–H groups in total. The first-order valence-corrected chi connectivity index (χ1v) is 8.48. The van der Waals surface area contributed by atoms with E-state index in [0.717, 1.165) is 61.6 Å². The van der Waals surface area contributed by atoms with Gasteiger partial charge in [0, 0.05) is 17.0 Å². The number of fused-ring (bicyclic) bond motifs is 3. The molecule has 22 heavy (non-hydrogen) atoms. The van der Waals surface area contributed by atoms with Gasteiger partial charge in [-0.2, -0.15) is 0 Å². The van der Waals surface area contributed by atoms with E-state index >= 15 is 0 Å². The first kappa shape index (κ1) is 15.1. The number of hydrogen-bond acceptors (Lipinski definition) is 3. The third kappa shape index (κ3) is 2.77. The maximum Gasteiger partial charge on any atom is 0.339 e. The van der Waals surface area contributed by atoms with Crippen LogP contribution in [0.25, 0.3) is 11.0 Å². The van der Waals surface area contributed by atoms with E-state index in [2.05, 4.69) is 19.9 Å². The number of benzene rings is 1. The lowest BCUT2D eigenvalue weighted by molar-refractivity contribution is 0.306. The molecular formula is C19H24O3. The first-order chi connectivity index (χ1) is 10.7. The highest BCUT2D eigenvalue weighted by Crippen LogP contribution is 2.32. The highest BCUT2D eigenvalue weighted by Gasteiger charge is 2.19. The molecule has 0 amide bonds. The van der Waals surface area contributed by atoms with Crippen molar-refractivity contribution in [2.45, 2.75) is 58.8 Å². The van der Waals surface area contributed by atoms with Crippen molar-refractivity contribution in [2.24, 2.45) is 0 Å². The van der Waals surface area contributed by atoms with Crippen molar-refractivity contribution in [1.82, 2.24) is 0 Å². The standard InChI is InChI=1S/C19H24O3/c1-3-5-10-21-17-12-18-16(11-13(17)4-2)14-8-6-7-9-15(14)19(20)22-18/h11-12H,3-10H2,1-2H3. The van der Waals surface area contributed by atoms with Crippen LogP contribution >= 0.6 is 0 Å². The predicted octanol–water partition coefficient (Wildman–Crippen LogP) is 4.41. The summed E-state index contributed by atoms with van der Waals surface area (Å²) in [5.41, 5.74) is 3.80. The van der Waals surface area contributed by atoms with E-state index in [4.69, 9.17) is 9.15 Å². The summed E-state index contributed by atoms with van der Waals surface area (Å²) < 4.78 is 11.5. The lowest BCUT2D eigenvalue weighted by Crippen LogP contribution is -2.16. The van der Waals surface area contributed by atoms with Gasteiger partial charge < -0.3 is 9.15 Å². The van der Waals surface area contributed by atoms with Crippen LogP contribution in [0.4, 0.5) is 0 Å². The Morgan fingerprint density at radius 3 is 2.64 bits per heavy atom. The molecule has 3 rings (SSSR count). The zero-order valence-electron chi connectivity index (χ0n) is 13.5. The topological polar surface area (TPSA) is 39.4 Å².